The number of hydrogen-bond acceptors (Lipinski definition) is 5. The lowest BCUT2D eigenvalue weighted by molar-refractivity contribution is -0.143. The van der Waals surface area contributed by atoms with Crippen LogP contribution in [0.1, 0.15) is 24.8 Å². The molecular formula is C20H25FN2O5. The number of halogens is 1. The number of carbonyl (C=O) groups is 3. The van der Waals surface area contributed by atoms with E-state index in [1.807, 2.05) is 0 Å². The van der Waals surface area contributed by atoms with Gasteiger partial charge in [0.15, 0.2) is 0 Å². The highest BCUT2D eigenvalue weighted by Crippen LogP contribution is 2.41. The van der Waals surface area contributed by atoms with Crippen molar-refractivity contribution in [3.63, 3.8) is 0 Å². The average molecular weight is 392 g/mol. The summed E-state index contributed by atoms with van der Waals surface area (Å²) < 4.78 is 25.0. The summed E-state index contributed by atoms with van der Waals surface area (Å²) in [6.07, 6.45) is 0.202. The Hall–Kier alpha value is -2.32. The predicted molar refractivity (Wildman–Crippen MR) is 97.9 cm³/mol. The molecule has 7 nitrogen and oxygen atoms in total. The van der Waals surface area contributed by atoms with Crippen LogP contribution in [-0.2, 0) is 29.3 Å². The number of amides is 3. The minimum absolute atomic E-state index is 0.0743. The maximum atomic E-state index is 14.7. The Morgan fingerprint density at radius 1 is 1.39 bits per heavy atom. The van der Waals surface area contributed by atoms with Gasteiger partial charge in [0, 0.05) is 39.2 Å². The van der Waals surface area contributed by atoms with E-state index in [9.17, 15) is 18.8 Å². The van der Waals surface area contributed by atoms with Gasteiger partial charge in [-0.1, -0.05) is 18.2 Å². The van der Waals surface area contributed by atoms with Crippen molar-refractivity contribution in [1.29, 1.82) is 0 Å². The first-order valence-corrected chi connectivity index (χ1v) is 9.33. The number of benzene rings is 1. The number of imide groups is 1. The van der Waals surface area contributed by atoms with Gasteiger partial charge in [0.25, 0.3) is 0 Å². The Balaban J connectivity index is 1.94. The van der Waals surface area contributed by atoms with Crippen molar-refractivity contribution in [2.75, 3.05) is 40.5 Å². The Kier molecular flexibility index (Phi) is 6.10. The number of carbonyl (C=O) groups excluding carboxylic acids is 3. The van der Waals surface area contributed by atoms with Crippen LogP contribution < -0.4 is 0 Å². The Labute approximate surface area is 163 Å². The maximum absolute atomic E-state index is 14.7. The van der Waals surface area contributed by atoms with Gasteiger partial charge in [0.1, 0.15) is 5.82 Å². The number of ether oxygens (including phenoxy) is 2. The minimum Gasteiger partial charge on any atom is -0.383 e. The molecule has 8 heteroatoms. The number of nitrogens with zero attached hydrogens (tertiary/aromatic N) is 2. The second-order valence-electron chi connectivity index (χ2n) is 7.28. The van der Waals surface area contributed by atoms with Crippen LogP contribution in [0, 0.1) is 5.82 Å². The molecule has 0 N–H and O–H groups in total. The van der Waals surface area contributed by atoms with Crippen LogP contribution in [0.4, 0.5) is 4.39 Å². The summed E-state index contributed by atoms with van der Waals surface area (Å²) in [4.78, 5) is 41.5. The zero-order valence-corrected chi connectivity index (χ0v) is 16.2. The van der Waals surface area contributed by atoms with Crippen molar-refractivity contribution in [3.05, 3.63) is 35.6 Å². The van der Waals surface area contributed by atoms with Crippen molar-refractivity contribution in [1.82, 2.24) is 9.80 Å². The zero-order valence-electron chi connectivity index (χ0n) is 16.2. The molecule has 0 aliphatic carbocycles. The number of likely N-dealkylation sites (tertiary alicyclic amines) is 1. The average Bonchev–Trinajstić information content (AvgIpc) is 3.28. The normalized spacial score (nSPS) is 24.8. The molecule has 0 saturated carbocycles. The summed E-state index contributed by atoms with van der Waals surface area (Å²) in [6, 6.07) is 5.76. The predicted octanol–water partition coefficient (Wildman–Crippen LogP) is 1.11. The van der Waals surface area contributed by atoms with E-state index < -0.39 is 23.0 Å². The summed E-state index contributed by atoms with van der Waals surface area (Å²) in [6.45, 7) is 1.26. The lowest BCUT2D eigenvalue weighted by Crippen LogP contribution is -2.46. The molecule has 3 amide bonds. The Morgan fingerprint density at radius 3 is 2.79 bits per heavy atom. The van der Waals surface area contributed by atoms with Crippen molar-refractivity contribution in [2.45, 2.75) is 30.7 Å². The van der Waals surface area contributed by atoms with Crippen LogP contribution in [0.2, 0.25) is 0 Å². The monoisotopic (exact) mass is 392 g/mol. The van der Waals surface area contributed by atoms with E-state index in [-0.39, 0.29) is 43.5 Å². The minimum atomic E-state index is -1.54. The summed E-state index contributed by atoms with van der Waals surface area (Å²) in [7, 11) is 3.12. The van der Waals surface area contributed by atoms with Gasteiger partial charge in [-0.25, -0.2) is 4.39 Å². The van der Waals surface area contributed by atoms with Crippen molar-refractivity contribution in [3.8, 4) is 0 Å². The zero-order chi connectivity index (χ0) is 20.3. The molecule has 2 fully saturated rings. The standard InChI is InChI=1S/C20H25FN2O5/c1-22(14-7-9-28-13-14)17(24)11-20(15-5-3-4-6-16(15)21)12-18(25)23(19(20)26)8-10-27-2/h3-6,14H,7-13H2,1-2H3/t14-,20+/m0/s1. The van der Waals surface area contributed by atoms with E-state index in [2.05, 4.69) is 0 Å². The molecule has 2 heterocycles. The molecule has 3 rings (SSSR count). The second-order valence-corrected chi connectivity index (χ2v) is 7.28. The van der Waals surface area contributed by atoms with Gasteiger partial charge >= 0.3 is 0 Å². The highest BCUT2D eigenvalue weighted by Gasteiger charge is 2.55. The maximum Gasteiger partial charge on any atom is 0.241 e. The largest absolute Gasteiger partial charge is 0.383 e. The smallest absolute Gasteiger partial charge is 0.241 e. The summed E-state index contributed by atoms with van der Waals surface area (Å²) in [5.41, 5.74) is -1.46. The molecule has 0 unspecified atom stereocenters. The Morgan fingerprint density at radius 2 is 2.14 bits per heavy atom. The molecule has 2 saturated heterocycles. The first kappa shape index (κ1) is 20.4. The van der Waals surface area contributed by atoms with Crippen molar-refractivity contribution >= 4 is 17.7 Å². The van der Waals surface area contributed by atoms with E-state index in [1.165, 1.54) is 25.3 Å². The van der Waals surface area contributed by atoms with E-state index in [4.69, 9.17) is 9.47 Å². The van der Waals surface area contributed by atoms with E-state index in [1.54, 1.807) is 18.0 Å². The lowest BCUT2D eigenvalue weighted by Gasteiger charge is -2.31. The summed E-state index contributed by atoms with van der Waals surface area (Å²) >= 11 is 0. The molecule has 1 aromatic rings. The number of likely N-dealkylation sites (N-methyl/N-ethyl adjacent to an activating group) is 1. The van der Waals surface area contributed by atoms with Gasteiger partial charge in [-0.05, 0) is 12.5 Å². The third kappa shape index (κ3) is 3.66. The molecule has 152 valence electrons. The summed E-state index contributed by atoms with van der Waals surface area (Å²) in [5, 5.41) is 0. The SMILES string of the molecule is COCCN1C(=O)C[C@](CC(=O)N(C)[C@H]2CCOC2)(c2ccccc2F)C1=O. The van der Waals surface area contributed by atoms with Crippen molar-refractivity contribution < 1.29 is 28.2 Å². The van der Waals surface area contributed by atoms with Crippen LogP contribution in [0.15, 0.2) is 24.3 Å². The van der Waals surface area contributed by atoms with Gasteiger partial charge in [-0.15, -0.1) is 0 Å². The summed E-state index contributed by atoms with van der Waals surface area (Å²) in [5.74, 6) is -1.89. The third-order valence-electron chi connectivity index (χ3n) is 5.62. The van der Waals surface area contributed by atoms with Crippen LogP contribution in [0.3, 0.4) is 0 Å². The van der Waals surface area contributed by atoms with Gasteiger partial charge in [0.2, 0.25) is 17.7 Å². The van der Waals surface area contributed by atoms with Gasteiger partial charge < -0.3 is 14.4 Å². The molecule has 2 aliphatic rings. The van der Waals surface area contributed by atoms with Gasteiger partial charge in [0.05, 0.1) is 31.2 Å². The lowest BCUT2D eigenvalue weighted by atomic mass is 9.75. The fourth-order valence-electron chi connectivity index (χ4n) is 3.92. The van der Waals surface area contributed by atoms with E-state index in [0.29, 0.717) is 19.6 Å². The first-order chi connectivity index (χ1) is 13.4. The van der Waals surface area contributed by atoms with Crippen LogP contribution in [0.25, 0.3) is 0 Å². The third-order valence-corrected chi connectivity index (χ3v) is 5.62. The fraction of sp³-hybridized carbons (Fsp3) is 0.550. The van der Waals surface area contributed by atoms with E-state index >= 15 is 0 Å². The molecule has 0 bridgehead atoms. The molecule has 0 aromatic heterocycles. The van der Waals surface area contributed by atoms with Crippen molar-refractivity contribution in [2.24, 2.45) is 0 Å². The van der Waals surface area contributed by atoms with Crippen LogP contribution in [0.5, 0.6) is 0 Å². The number of methoxy groups -OCH3 is 1. The highest BCUT2D eigenvalue weighted by molar-refractivity contribution is 6.10. The molecule has 0 radical (unpaired) electrons. The molecule has 2 atom stereocenters. The molecule has 28 heavy (non-hydrogen) atoms. The number of rotatable bonds is 7. The molecular weight excluding hydrogens is 367 g/mol. The molecule has 2 aliphatic heterocycles. The quantitative estimate of drug-likeness (QED) is 0.650. The second kappa shape index (κ2) is 8.36. The van der Waals surface area contributed by atoms with Gasteiger partial charge in [-0.2, -0.15) is 0 Å². The van der Waals surface area contributed by atoms with Crippen LogP contribution >= 0.6 is 0 Å². The van der Waals surface area contributed by atoms with Crippen LogP contribution in [-0.4, -0.2) is 74.1 Å². The number of hydrogen-bond donors (Lipinski definition) is 0. The Bertz CT molecular complexity index is 765. The van der Waals surface area contributed by atoms with Gasteiger partial charge in [-0.3, -0.25) is 19.3 Å². The molecule has 1 aromatic carbocycles. The molecule has 0 spiro atoms. The van der Waals surface area contributed by atoms with E-state index in [0.717, 1.165) is 4.90 Å². The highest BCUT2D eigenvalue weighted by atomic mass is 19.1. The first-order valence-electron chi connectivity index (χ1n) is 9.33. The topological polar surface area (TPSA) is 76.2 Å². The fourth-order valence-corrected chi connectivity index (χ4v) is 3.92.